The highest BCUT2D eigenvalue weighted by Crippen LogP contribution is 2.22. The standard InChI is InChI=1S/C16H23N3O3/c1-10-3-4-13(18-11(2)20)9-14(10)19-16(21)15(17)12-5-7-22-8-6-12/h3-4,9,12,15H,5-8,17H2,1-2H3,(H,18,20)(H,19,21). The third kappa shape index (κ3) is 4.29. The van der Waals surface area contributed by atoms with Crippen LogP contribution < -0.4 is 16.4 Å². The summed E-state index contributed by atoms with van der Waals surface area (Å²) in [6, 6.07) is 4.84. The van der Waals surface area contributed by atoms with Crippen molar-refractivity contribution in [2.75, 3.05) is 23.8 Å². The molecule has 1 aromatic carbocycles. The van der Waals surface area contributed by atoms with Crippen LogP contribution in [0.3, 0.4) is 0 Å². The second-order valence-electron chi connectivity index (χ2n) is 5.68. The van der Waals surface area contributed by atoms with Crippen LogP contribution in [0.25, 0.3) is 0 Å². The molecule has 6 nitrogen and oxygen atoms in total. The maximum atomic E-state index is 12.3. The predicted molar refractivity (Wildman–Crippen MR) is 85.6 cm³/mol. The Bertz CT molecular complexity index is 554. The number of nitrogens with two attached hydrogens (primary N) is 1. The van der Waals surface area contributed by atoms with E-state index >= 15 is 0 Å². The zero-order valence-electron chi connectivity index (χ0n) is 13.0. The molecule has 0 aromatic heterocycles. The van der Waals surface area contributed by atoms with Gasteiger partial charge in [-0.15, -0.1) is 0 Å². The summed E-state index contributed by atoms with van der Waals surface area (Å²) in [7, 11) is 0. The molecule has 1 aliphatic heterocycles. The van der Waals surface area contributed by atoms with Gasteiger partial charge < -0.3 is 21.1 Å². The van der Waals surface area contributed by atoms with Gasteiger partial charge >= 0.3 is 0 Å². The molecule has 0 bridgehead atoms. The van der Waals surface area contributed by atoms with Crippen molar-refractivity contribution in [3.8, 4) is 0 Å². The first kappa shape index (κ1) is 16.5. The Kier molecular flexibility index (Phi) is 5.51. The zero-order chi connectivity index (χ0) is 16.1. The molecule has 2 rings (SSSR count). The fourth-order valence-electron chi connectivity index (χ4n) is 2.54. The maximum absolute atomic E-state index is 12.3. The lowest BCUT2D eigenvalue weighted by atomic mass is 9.92. The number of carbonyl (C=O) groups excluding carboxylic acids is 2. The normalized spacial score (nSPS) is 16.9. The first-order valence-corrected chi connectivity index (χ1v) is 7.50. The molecule has 1 aliphatic rings. The number of anilines is 2. The summed E-state index contributed by atoms with van der Waals surface area (Å²) < 4.78 is 5.29. The summed E-state index contributed by atoms with van der Waals surface area (Å²) in [6.07, 6.45) is 1.61. The molecule has 1 fully saturated rings. The zero-order valence-corrected chi connectivity index (χ0v) is 13.0. The molecule has 4 N–H and O–H groups in total. The Morgan fingerprint density at radius 1 is 1.27 bits per heavy atom. The van der Waals surface area contributed by atoms with Gasteiger partial charge in [-0.3, -0.25) is 9.59 Å². The van der Waals surface area contributed by atoms with Crippen LogP contribution in [0.15, 0.2) is 18.2 Å². The Labute approximate surface area is 130 Å². The van der Waals surface area contributed by atoms with Gasteiger partial charge in [0, 0.05) is 31.5 Å². The predicted octanol–water partition coefficient (Wildman–Crippen LogP) is 1.65. The van der Waals surface area contributed by atoms with Crippen LogP contribution in [-0.4, -0.2) is 31.1 Å². The highest BCUT2D eigenvalue weighted by atomic mass is 16.5. The fraction of sp³-hybridized carbons (Fsp3) is 0.500. The van der Waals surface area contributed by atoms with Gasteiger partial charge in [0.2, 0.25) is 11.8 Å². The van der Waals surface area contributed by atoms with Crippen molar-refractivity contribution in [2.45, 2.75) is 32.7 Å². The van der Waals surface area contributed by atoms with Crippen molar-refractivity contribution in [2.24, 2.45) is 11.7 Å². The third-order valence-corrected chi connectivity index (χ3v) is 3.89. The quantitative estimate of drug-likeness (QED) is 0.788. The van der Waals surface area contributed by atoms with E-state index in [1.54, 1.807) is 12.1 Å². The summed E-state index contributed by atoms with van der Waals surface area (Å²) in [6.45, 7) is 4.65. The average molecular weight is 305 g/mol. The first-order chi connectivity index (χ1) is 10.5. The molecule has 1 heterocycles. The summed E-state index contributed by atoms with van der Waals surface area (Å²) >= 11 is 0. The monoisotopic (exact) mass is 305 g/mol. The number of benzene rings is 1. The van der Waals surface area contributed by atoms with Crippen molar-refractivity contribution in [1.29, 1.82) is 0 Å². The van der Waals surface area contributed by atoms with E-state index in [-0.39, 0.29) is 17.7 Å². The van der Waals surface area contributed by atoms with Gasteiger partial charge in [-0.2, -0.15) is 0 Å². The topological polar surface area (TPSA) is 93.5 Å². The molecule has 6 heteroatoms. The Balaban J connectivity index is 2.05. The van der Waals surface area contributed by atoms with E-state index in [0.29, 0.717) is 24.6 Å². The molecule has 0 aliphatic carbocycles. The SMILES string of the molecule is CC(=O)Nc1ccc(C)c(NC(=O)C(N)C2CCOCC2)c1. The molecule has 1 saturated heterocycles. The van der Waals surface area contributed by atoms with E-state index in [4.69, 9.17) is 10.5 Å². The Hall–Kier alpha value is -1.92. The number of rotatable bonds is 4. The third-order valence-electron chi connectivity index (χ3n) is 3.89. The van der Waals surface area contributed by atoms with Crippen molar-refractivity contribution >= 4 is 23.2 Å². The van der Waals surface area contributed by atoms with Gasteiger partial charge in [0.15, 0.2) is 0 Å². The van der Waals surface area contributed by atoms with E-state index < -0.39 is 6.04 Å². The number of hydrogen-bond donors (Lipinski definition) is 3. The van der Waals surface area contributed by atoms with Crippen molar-refractivity contribution in [1.82, 2.24) is 0 Å². The van der Waals surface area contributed by atoms with Gasteiger partial charge in [-0.05, 0) is 43.4 Å². The van der Waals surface area contributed by atoms with Crippen molar-refractivity contribution in [3.63, 3.8) is 0 Å². The number of carbonyl (C=O) groups is 2. The van der Waals surface area contributed by atoms with E-state index in [9.17, 15) is 9.59 Å². The Morgan fingerprint density at radius 2 is 1.95 bits per heavy atom. The molecule has 120 valence electrons. The van der Waals surface area contributed by atoms with Crippen LogP contribution in [0.5, 0.6) is 0 Å². The second kappa shape index (κ2) is 7.38. The highest BCUT2D eigenvalue weighted by Gasteiger charge is 2.26. The lowest BCUT2D eigenvalue weighted by Crippen LogP contribution is -2.44. The summed E-state index contributed by atoms with van der Waals surface area (Å²) in [5, 5.41) is 5.57. The fourth-order valence-corrected chi connectivity index (χ4v) is 2.54. The van der Waals surface area contributed by atoms with E-state index in [2.05, 4.69) is 10.6 Å². The number of hydrogen-bond acceptors (Lipinski definition) is 4. The van der Waals surface area contributed by atoms with E-state index in [1.807, 2.05) is 13.0 Å². The highest BCUT2D eigenvalue weighted by molar-refractivity contribution is 5.97. The van der Waals surface area contributed by atoms with Crippen molar-refractivity contribution in [3.05, 3.63) is 23.8 Å². The van der Waals surface area contributed by atoms with Gasteiger partial charge in [0.25, 0.3) is 0 Å². The summed E-state index contributed by atoms with van der Waals surface area (Å²) in [5.41, 5.74) is 8.30. The molecule has 22 heavy (non-hydrogen) atoms. The van der Waals surface area contributed by atoms with Crippen LogP contribution in [0.1, 0.15) is 25.3 Å². The molecule has 1 unspecified atom stereocenters. The molecule has 0 radical (unpaired) electrons. The molecule has 2 amide bonds. The van der Waals surface area contributed by atoms with Gasteiger partial charge in [-0.1, -0.05) is 6.07 Å². The van der Waals surface area contributed by atoms with E-state index in [0.717, 1.165) is 18.4 Å². The van der Waals surface area contributed by atoms with Crippen LogP contribution in [0.4, 0.5) is 11.4 Å². The van der Waals surface area contributed by atoms with Gasteiger partial charge in [-0.25, -0.2) is 0 Å². The largest absolute Gasteiger partial charge is 0.381 e. The first-order valence-electron chi connectivity index (χ1n) is 7.50. The minimum Gasteiger partial charge on any atom is -0.381 e. The van der Waals surface area contributed by atoms with Crippen LogP contribution >= 0.6 is 0 Å². The van der Waals surface area contributed by atoms with Gasteiger partial charge in [0.05, 0.1) is 6.04 Å². The smallest absolute Gasteiger partial charge is 0.241 e. The molecule has 1 atom stereocenters. The summed E-state index contributed by atoms with van der Waals surface area (Å²) in [5.74, 6) is -0.206. The van der Waals surface area contributed by atoms with Crippen LogP contribution in [0.2, 0.25) is 0 Å². The molecule has 1 aromatic rings. The molecule has 0 saturated carbocycles. The number of ether oxygens (including phenoxy) is 1. The van der Waals surface area contributed by atoms with Crippen LogP contribution in [0, 0.1) is 12.8 Å². The molecular weight excluding hydrogens is 282 g/mol. The summed E-state index contributed by atoms with van der Waals surface area (Å²) in [4.78, 5) is 23.4. The van der Waals surface area contributed by atoms with E-state index in [1.165, 1.54) is 6.92 Å². The average Bonchev–Trinajstić information content (AvgIpc) is 2.50. The lowest BCUT2D eigenvalue weighted by Gasteiger charge is -2.27. The lowest BCUT2D eigenvalue weighted by molar-refractivity contribution is -0.119. The minimum atomic E-state index is -0.548. The molecule has 0 spiro atoms. The van der Waals surface area contributed by atoms with Crippen LogP contribution in [-0.2, 0) is 14.3 Å². The second-order valence-corrected chi connectivity index (χ2v) is 5.68. The number of amides is 2. The number of aryl methyl sites for hydroxylation is 1. The minimum absolute atomic E-state index is 0.146. The Morgan fingerprint density at radius 3 is 2.59 bits per heavy atom. The maximum Gasteiger partial charge on any atom is 0.241 e. The molecular formula is C16H23N3O3. The van der Waals surface area contributed by atoms with Gasteiger partial charge in [0.1, 0.15) is 0 Å². The number of nitrogens with one attached hydrogen (secondary N) is 2. The van der Waals surface area contributed by atoms with Crippen molar-refractivity contribution < 1.29 is 14.3 Å².